The average Bonchev–Trinajstić information content (AvgIpc) is 2.78. The number of hydrogen-bond acceptors (Lipinski definition) is 5. The molecule has 3 rings (SSSR count). The molecule has 6 nitrogen and oxygen atoms in total. The number of nitrogens with zero attached hydrogens (tertiary/aromatic N) is 5. The number of rotatable bonds is 4. The molecular formula is C19H31N5O. The van der Waals surface area contributed by atoms with Gasteiger partial charge in [0.15, 0.2) is 0 Å². The van der Waals surface area contributed by atoms with Crippen LogP contribution >= 0.6 is 0 Å². The summed E-state index contributed by atoms with van der Waals surface area (Å²) in [6.07, 6.45) is 9.53. The van der Waals surface area contributed by atoms with Crippen LogP contribution in [0.25, 0.3) is 0 Å². The molecule has 0 aliphatic carbocycles. The lowest BCUT2D eigenvalue weighted by molar-refractivity contribution is -0.136. The van der Waals surface area contributed by atoms with Crippen molar-refractivity contribution in [1.29, 1.82) is 0 Å². The topological polar surface area (TPSA) is 52.6 Å². The summed E-state index contributed by atoms with van der Waals surface area (Å²) in [7, 11) is 5.87. The van der Waals surface area contributed by atoms with Crippen LogP contribution in [0.3, 0.4) is 0 Å². The summed E-state index contributed by atoms with van der Waals surface area (Å²) in [6, 6.07) is 0. The zero-order valence-electron chi connectivity index (χ0n) is 15.8. The Morgan fingerprint density at radius 1 is 1.08 bits per heavy atom. The van der Waals surface area contributed by atoms with Gasteiger partial charge in [0.2, 0.25) is 11.9 Å². The third-order valence-corrected chi connectivity index (χ3v) is 5.65. The largest absolute Gasteiger partial charge is 0.347 e. The first-order chi connectivity index (χ1) is 12.0. The first-order valence-corrected chi connectivity index (χ1v) is 9.50. The molecule has 6 heteroatoms. The number of aromatic nitrogens is 2. The normalized spacial score (nSPS) is 23.6. The van der Waals surface area contributed by atoms with Crippen molar-refractivity contribution in [3.8, 4) is 0 Å². The molecule has 0 saturated carbocycles. The first kappa shape index (κ1) is 18.1. The predicted molar refractivity (Wildman–Crippen MR) is 99.3 cm³/mol. The summed E-state index contributed by atoms with van der Waals surface area (Å²) in [4.78, 5) is 27.7. The molecule has 1 aromatic rings. The van der Waals surface area contributed by atoms with Crippen molar-refractivity contribution in [2.75, 3.05) is 45.7 Å². The number of anilines is 1. The van der Waals surface area contributed by atoms with E-state index >= 15 is 0 Å². The second-order valence-corrected chi connectivity index (χ2v) is 7.76. The van der Waals surface area contributed by atoms with Gasteiger partial charge < -0.3 is 9.80 Å². The highest BCUT2D eigenvalue weighted by molar-refractivity contribution is 5.79. The smallest absolute Gasteiger partial charge is 0.225 e. The van der Waals surface area contributed by atoms with Crippen LogP contribution in [0, 0.1) is 11.8 Å². The zero-order valence-corrected chi connectivity index (χ0v) is 15.8. The van der Waals surface area contributed by atoms with Crippen LogP contribution in [0.15, 0.2) is 12.4 Å². The van der Waals surface area contributed by atoms with E-state index in [4.69, 9.17) is 0 Å². The Labute approximate surface area is 151 Å². The maximum Gasteiger partial charge on any atom is 0.225 e. The van der Waals surface area contributed by atoms with Gasteiger partial charge in [-0.1, -0.05) is 6.42 Å². The molecule has 1 atom stereocenters. The van der Waals surface area contributed by atoms with E-state index in [1.165, 1.54) is 6.42 Å². The molecule has 2 aliphatic heterocycles. The van der Waals surface area contributed by atoms with Crippen molar-refractivity contribution < 1.29 is 4.79 Å². The average molecular weight is 345 g/mol. The van der Waals surface area contributed by atoms with Crippen LogP contribution in [-0.4, -0.2) is 66.5 Å². The van der Waals surface area contributed by atoms with Crippen LogP contribution in [0.5, 0.6) is 0 Å². The molecule has 0 unspecified atom stereocenters. The van der Waals surface area contributed by atoms with Crippen LogP contribution in [-0.2, 0) is 11.3 Å². The van der Waals surface area contributed by atoms with Gasteiger partial charge in [0.1, 0.15) is 0 Å². The Morgan fingerprint density at radius 3 is 2.40 bits per heavy atom. The molecule has 2 saturated heterocycles. The highest BCUT2D eigenvalue weighted by Gasteiger charge is 2.33. The van der Waals surface area contributed by atoms with Crippen molar-refractivity contribution in [3.63, 3.8) is 0 Å². The van der Waals surface area contributed by atoms with Crippen LogP contribution < -0.4 is 4.90 Å². The molecule has 25 heavy (non-hydrogen) atoms. The number of carbonyl (C=O) groups excluding carboxylic acids is 1. The lowest BCUT2D eigenvalue weighted by Gasteiger charge is -2.36. The van der Waals surface area contributed by atoms with E-state index in [0.29, 0.717) is 11.8 Å². The minimum atomic E-state index is 0.248. The highest BCUT2D eigenvalue weighted by Crippen LogP contribution is 2.32. The van der Waals surface area contributed by atoms with Crippen LogP contribution in [0.4, 0.5) is 5.95 Å². The van der Waals surface area contributed by atoms with Crippen molar-refractivity contribution >= 4 is 11.9 Å². The Hall–Kier alpha value is -1.69. The van der Waals surface area contributed by atoms with Gasteiger partial charge in [-0.25, -0.2) is 9.97 Å². The van der Waals surface area contributed by atoms with Gasteiger partial charge in [0.05, 0.1) is 0 Å². The lowest BCUT2D eigenvalue weighted by atomic mass is 9.81. The molecule has 3 heterocycles. The molecule has 0 N–H and O–H groups in total. The van der Waals surface area contributed by atoms with E-state index in [2.05, 4.69) is 14.9 Å². The summed E-state index contributed by atoms with van der Waals surface area (Å²) in [5.74, 6) is 1.93. The van der Waals surface area contributed by atoms with E-state index in [9.17, 15) is 4.79 Å². The van der Waals surface area contributed by atoms with E-state index in [0.717, 1.165) is 63.4 Å². The first-order valence-electron chi connectivity index (χ1n) is 9.50. The Morgan fingerprint density at radius 2 is 1.76 bits per heavy atom. The standard InChI is InChI=1S/C19H31N5O/c1-22(2)19-20-12-15(13-21-19)14-24-10-7-16(8-11-24)17-6-4-5-9-23(3)18(17)25/h12-13,16-17H,4-11,14H2,1-3H3/t17-/m1/s1. The summed E-state index contributed by atoms with van der Waals surface area (Å²) in [5.41, 5.74) is 1.16. The van der Waals surface area contributed by atoms with Gasteiger partial charge >= 0.3 is 0 Å². The van der Waals surface area contributed by atoms with Gasteiger partial charge in [-0.3, -0.25) is 9.69 Å². The van der Waals surface area contributed by atoms with E-state index in [-0.39, 0.29) is 5.92 Å². The van der Waals surface area contributed by atoms with Crippen molar-refractivity contribution in [1.82, 2.24) is 19.8 Å². The quantitative estimate of drug-likeness (QED) is 0.836. The van der Waals surface area contributed by atoms with Gasteiger partial charge in [0.25, 0.3) is 0 Å². The molecule has 0 spiro atoms. The van der Waals surface area contributed by atoms with Gasteiger partial charge in [-0.05, 0) is 44.7 Å². The molecule has 1 aromatic heterocycles. The van der Waals surface area contributed by atoms with E-state index in [1.807, 2.05) is 43.3 Å². The number of carbonyl (C=O) groups is 1. The fourth-order valence-corrected chi connectivity index (χ4v) is 4.10. The molecule has 138 valence electrons. The maximum atomic E-state index is 12.6. The van der Waals surface area contributed by atoms with E-state index < -0.39 is 0 Å². The predicted octanol–water partition coefficient (Wildman–Crippen LogP) is 2.01. The fourth-order valence-electron chi connectivity index (χ4n) is 4.10. The number of likely N-dealkylation sites (tertiary alicyclic amines) is 2. The number of piperidine rings is 1. The molecule has 0 bridgehead atoms. The van der Waals surface area contributed by atoms with Gasteiger partial charge in [0, 0.05) is 58.1 Å². The van der Waals surface area contributed by atoms with Crippen LogP contribution in [0.2, 0.25) is 0 Å². The number of amides is 1. The number of hydrogen-bond donors (Lipinski definition) is 0. The summed E-state index contributed by atoms with van der Waals surface area (Å²) in [6.45, 7) is 3.96. The molecule has 0 radical (unpaired) electrons. The SMILES string of the molecule is CN1CCCC[C@H](C2CCN(Cc3cnc(N(C)C)nc3)CC2)C1=O. The molecule has 0 aromatic carbocycles. The molecule has 2 fully saturated rings. The second-order valence-electron chi connectivity index (χ2n) is 7.76. The van der Waals surface area contributed by atoms with Gasteiger partial charge in [-0.15, -0.1) is 0 Å². The molecule has 1 amide bonds. The van der Waals surface area contributed by atoms with Gasteiger partial charge in [-0.2, -0.15) is 0 Å². The van der Waals surface area contributed by atoms with Crippen LogP contribution in [0.1, 0.15) is 37.7 Å². The maximum absolute atomic E-state index is 12.6. The summed E-state index contributed by atoms with van der Waals surface area (Å²) >= 11 is 0. The molecular weight excluding hydrogens is 314 g/mol. The monoisotopic (exact) mass is 345 g/mol. The third kappa shape index (κ3) is 4.48. The Bertz CT molecular complexity index is 566. The van der Waals surface area contributed by atoms with Crippen molar-refractivity contribution in [2.24, 2.45) is 11.8 Å². The van der Waals surface area contributed by atoms with Crippen molar-refractivity contribution in [2.45, 2.75) is 38.6 Å². The zero-order chi connectivity index (χ0) is 17.8. The fraction of sp³-hybridized carbons (Fsp3) is 0.737. The minimum Gasteiger partial charge on any atom is -0.347 e. The second kappa shape index (κ2) is 8.13. The summed E-state index contributed by atoms with van der Waals surface area (Å²) in [5, 5.41) is 0. The van der Waals surface area contributed by atoms with E-state index in [1.54, 1.807) is 0 Å². The van der Waals surface area contributed by atoms with Crippen molar-refractivity contribution in [3.05, 3.63) is 18.0 Å². The molecule has 2 aliphatic rings. The Kier molecular flexibility index (Phi) is 5.89. The Balaban J connectivity index is 1.52. The minimum absolute atomic E-state index is 0.248. The third-order valence-electron chi connectivity index (χ3n) is 5.65. The summed E-state index contributed by atoms with van der Waals surface area (Å²) < 4.78 is 0. The highest BCUT2D eigenvalue weighted by atomic mass is 16.2. The lowest BCUT2D eigenvalue weighted by Crippen LogP contribution is -2.41.